The van der Waals surface area contributed by atoms with Crippen LogP contribution in [0.25, 0.3) is 11.1 Å². The fourth-order valence-electron chi connectivity index (χ4n) is 6.88. The van der Waals surface area contributed by atoms with Crippen molar-refractivity contribution in [2.24, 2.45) is 21.9 Å². The molecule has 4 aromatic rings. The Morgan fingerprint density at radius 1 is 0.625 bits per heavy atom. The molecule has 2 atom stereocenters. The molecule has 0 saturated carbocycles. The summed E-state index contributed by atoms with van der Waals surface area (Å²) in [6, 6.07) is 20.9. The SMILES string of the molecule is N=C1/C(=N\N)CC(C(=O)O)(c2c(Br)cc(-c3cc(Br)c(C4(C(=O)O)C/C(=N\N)C(=N)c5ccccc54)c(Br)c3)cc2Br)c2ccccc21. The lowest BCUT2D eigenvalue weighted by Crippen LogP contribution is -2.46. The summed E-state index contributed by atoms with van der Waals surface area (Å²) in [5.74, 6) is 9.06. The molecule has 14 heteroatoms. The Labute approximate surface area is 307 Å². The monoisotopic (exact) mass is 896 g/mol. The zero-order valence-electron chi connectivity index (χ0n) is 24.6. The summed E-state index contributed by atoms with van der Waals surface area (Å²) in [7, 11) is 0. The number of halogens is 4. The third-order valence-corrected chi connectivity index (χ3v) is 11.6. The standard InChI is InChI=1S/C34H24Br4N6O4/c35-21-9-15(10-22(36)27(21)33(31(45)46)13-25(43-41)29(39)17-5-1-3-7-19(17)33)16-11-23(37)28(24(38)12-16)34(32(47)48)14-26(44-42)30(40)18-6-2-4-8-20(18)34/h1-12,39-40H,13-14,41-42H2,(H,45,46)(H,47,48)/b39-29?,40-30?,43-25-,44-26+. The van der Waals surface area contributed by atoms with Gasteiger partial charge in [-0.3, -0.25) is 20.4 Å². The van der Waals surface area contributed by atoms with Crippen LogP contribution in [-0.2, 0) is 20.4 Å². The third kappa shape index (κ3) is 4.91. The molecule has 0 heterocycles. The predicted octanol–water partition coefficient (Wildman–Crippen LogP) is 7.32. The molecule has 0 aromatic heterocycles. The Balaban J connectivity index is 1.53. The van der Waals surface area contributed by atoms with E-state index in [1.165, 1.54) is 0 Å². The van der Waals surface area contributed by atoms with Gasteiger partial charge in [0.15, 0.2) is 0 Å². The van der Waals surface area contributed by atoms with Crippen molar-refractivity contribution in [1.29, 1.82) is 10.8 Å². The first-order chi connectivity index (χ1) is 22.8. The van der Waals surface area contributed by atoms with Crippen molar-refractivity contribution in [1.82, 2.24) is 0 Å². The van der Waals surface area contributed by atoms with E-state index in [4.69, 9.17) is 22.5 Å². The second-order valence-corrected chi connectivity index (χ2v) is 14.8. The van der Waals surface area contributed by atoms with Gasteiger partial charge in [0.05, 0.1) is 22.8 Å². The first-order valence-electron chi connectivity index (χ1n) is 14.2. The maximum Gasteiger partial charge on any atom is 0.319 e. The van der Waals surface area contributed by atoms with Gasteiger partial charge in [-0.1, -0.05) is 112 Å². The van der Waals surface area contributed by atoms with Crippen molar-refractivity contribution >= 4 is 98.5 Å². The van der Waals surface area contributed by atoms with E-state index in [2.05, 4.69) is 73.9 Å². The molecule has 0 radical (unpaired) electrons. The number of nitrogens with zero attached hydrogens (tertiary/aromatic N) is 2. The Kier molecular flexibility index (Phi) is 8.81. The molecule has 48 heavy (non-hydrogen) atoms. The molecule has 0 fully saturated rings. The van der Waals surface area contributed by atoms with Crippen LogP contribution in [0.2, 0.25) is 0 Å². The van der Waals surface area contributed by atoms with E-state index in [1.807, 2.05) is 0 Å². The van der Waals surface area contributed by atoms with Crippen LogP contribution >= 0.6 is 63.7 Å². The first kappa shape index (κ1) is 33.9. The minimum Gasteiger partial charge on any atom is -0.480 e. The molecule has 2 aliphatic rings. The first-order valence-corrected chi connectivity index (χ1v) is 17.4. The molecular formula is C34H24Br4N6O4. The van der Waals surface area contributed by atoms with Crippen molar-refractivity contribution in [3.05, 3.63) is 124 Å². The van der Waals surface area contributed by atoms with Gasteiger partial charge in [-0.2, -0.15) is 10.2 Å². The van der Waals surface area contributed by atoms with Crippen LogP contribution in [0.1, 0.15) is 46.2 Å². The number of carboxylic acids is 2. The van der Waals surface area contributed by atoms with Gasteiger partial charge >= 0.3 is 11.9 Å². The molecule has 0 saturated heterocycles. The molecule has 2 unspecified atom stereocenters. The van der Waals surface area contributed by atoms with Crippen molar-refractivity contribution in [3.8, 4) is 11.1 Å². The zero-order valence-corrected chi connectivity index (χ0v) is 31.0. The number of hydrogen-bond acceptors (Lipinski definition) is 8. The summed E-state index contributed by atoms with van der Waals surface area (Å²) in [6.45, 7) is 0. The van der Waals surface area contributed by atoms with E-state index in [9.17, 15) is 19.8 Å². The summed E-state index contributed by atoms with van der Waals surface area (Å²) in [4.78, 5) is 26.6. The van der Waals surface area contributed by atoms with Crippen LogP contribution in [0.3, 0.4) is 0 Å². The minimum absolute atomic E-state index is 0.0741. The van der Waals surface area contributed by atoms with Crippen molar-refractivity contribution in [2.45, 2.75) is 23.7 Å². The number of benzene rings is 4. The molecule has 10 nitrogen and oxygen atoms in total. The molecule has 4 aromatic carbocycles. The van der Waals surface area contributed by atoms with E-state index < -0.39 is 22.8 Å². The summed E-state index contributed by atoms with van der Waals surface area (Å²) in [5.41, 5.74) is 1.20. The molecule has 0 spiro atoms. The Morgan fingerprint density at radius 3 is 1.23 bits per heavy atom. The van der Waals surface area contributed by atoms with E-state index >= 15 is 0 Å². The predicted molar refractivity (Wildman–Crippen MR) is 199 cm³/mol. The highest BCUT2D eigenvalue weighted by Crippen LogP contribution is 2.51. The van der Waals surface area contributed by atoms with Gasteiger partial charge < -0.3 is 21.9 Å². The van der Waals surface area contributed by atoms with Gasteiger partial charge in [-0.05, 0) is 46.5 Å². The second-order valence-electron chi connectivity index (χ2n) is 11.4. The number of nitrogens with two attached hydrogens (primary N) is 2. The largest absolute Gasteiger partial charge is 0.480 e. The average Bonchev–Trinajstić information content (AvgIpc) is 3.06. The number of hydrogen-bond donors (Lipinski definition) is 6. The summed E-state index contributed by atoms with van der Waals surface area (Å²) in [6.07, 6.45) is -0.275. The summed E-state index contributed by atoms with van der Waals surface area (Å²) >= 11 is 14.6. The zero-order chi connectivity index (χ0) is 34.7. The molecule has 242 valence electrons. The van der Waals surface area contributed by atoms with Gasteiger partial charge in [0, 0.05) is 53.0 Å². The minimum atomic E-state index is -1.63. The van der Waals surface area contributed by atoms with Gasteiger partial charge in [0.2, 0.25) is 0 Å². The van der Waals surface area contributed by atoms with Gasteiger partial charge in [0.25, 0.3) is 0 Å². The van der Waals surface area contributed by atoms with Crippen LogP contribution in [-0.4, -0.2) is 45.0 Å². The number of rotatable bonds is 5. The second kappa shape index (κ2) is 12.5. The average molecular weight is 900 g/mol. The highest BCUT2D eigenvalue weighted by atomic mass is 79.9. The smallest absolute Gasteiger partial charge is 0.319 e. The number of aliphatic carboxylic acids is 2. The highest BCUT2D eigenvalue weighted by molar-refractivity contribution is 9.11. The van der Waals surface area contributed by atoms with E-state index in [1.54, 1.807) is 72.8 Å². The van der Waals surface area contributed by atoms with Crippen LogP contribution in [0.15, 0.2) is 101 Å². The lowest BCUT2D eigenvalue weighted by Gasteiger charge is -2.38. The maximum absolute atomic E-state index is 13.3. The normalized spacial score (nSPS) is 22.0. The Bertz CT molecular complexity index is 1990. The van der Waals surface area contributed by atoms with Crippen molar-refractivity contribution < 1.29 is 19.8 Å². The fourth-order valence-corrected chi connectivity index (χ4v) is 10.6. The Morgan fingerprint density at radius 2 is 0.938 bits per heavy atom. The molecule has 8 N–H and O–H groups in total. The van der Waals surface area contributed by atoms with Gasteiger partial charge in [-0.25, -0.2) is 0 Å². The third-order valence-electron chi connectivity index (χ3n) is 9.07. The van der Waals surface area contributed by atoms with Crippen LogP contribution in [0.5, 0.6) is 0 Å². The summed E-state index contributed by atoms with van der Waals surface area (Å²) in [5, 5.41) is 46.5. The number of nitrogens with one attached hydrogen (secondary N) is 2. The lowest BCUT2D eigenvalue weighted by molar-refractivity contribution is -0.143. The molecule has 0 bridgehead atoms. The molecule has 2 aliphatic carbocycles. The molecule has 6 rings (SSSR count). The van der Waals surface area contributed by atoms with E-state index in [0.29, 0.717) is 62.4 Å². The maximum atomic E-state index is 13.3. The summed E-state index contributed by atoms with van der Waals surface area (Å²) < 4.78 is 1.93. The van der Waals surface area contributed by atoms with Crippen molar-refractivity contribution in [3.63, 3.8) is 0 Å². The number of carbonyl (C=O) groups is 2. The quantitative estimate of drug-likeness (QED) is 0.0896. The van der Waals surface area contributed by atoms with Gasteiger partial charge in [0.1, 0.15) is 10.8 Å². The molecule has 0 aliphatic heterocycles. The van der Waals surface area contributed by atoms with Crippen LogP contribution in [0, 0.1) is 10.8 Å². The van der Waals surface area contributed by atoms with E-state index in [0.717, 1.165) is 0 Å². The van der Waals surface area contributed by atoms with Crippen molar-refractivity contribution in [2.75, 3.05) is 0 Å². The van der Waals surface area contributed by atoms with Crippen LogP contribution < -0.4 is 11.7 Å². The fraction of sp³-hybridized carbons (Fsp3) is 0.118. The number of carboxylic acid groups (broad SMARTS) is 2. The number of hydrazone groups is 2. The van der Waals surface area contributed by atoms with Crippen LogP contribution in [0.4, 0.5) is 0 Å². The molecular weight excluding hydrogens is 876 g/mol. The topological polar surface area (TPSA) is 199 Å². The lowest BCUT2D eigenvalue weighted by atomic mass is 9.64. The molecule has 0 amide bonds. The number of fused-ring (bicyclic) bond motifs is 2. The van der Waals surface area contributed by atoms with E-state index in [-0.39, 0.29) is 35.7 Å². The Hall–Kier alpha value is -3.98. The van der Waals surface area contributed by atoms with Gasteiger partial charge in [-0.15, -0.1) is 0 Å². The highest BCUT2D eigenvalue weighted by Gasteiger charge is 2.52.